The summed E-state index contributed by atoms with van der Waals surface area (Å²) in [5.74, 6) is 0.623. The van der Waals surface area contributed by atoms with Crippen molar-refractivity contribution in [2.24, 2.45) is 5.92 Å². The third-order valence-corrected chi connectivity index (χ3v) is 5.04. The number of nitrogens with zero attached hydrogens (tertiary/aromatic N) is 2. The van der Waals surface area contributed by atoms with Gasteiger partial charge >= 0.3 is 0 Å². The van der Waals surface area contributed by atoms with Gasteiger partial charge in [0.1, 0.15) is 10.7 Å². The van der Waals surface area contributed by atoms with Crippen molar-refractivity contribution >= 4 is 17.2 Å². The van der Waals surface area contributed by atoms with Crippen molar-refractivity contribution < 1.29 is 4.79 Å². The molecule has 22 heavy (non-hydrogen) atoms. The Morgan fingerprint density at radius 2 is 2.27 bits per heavy atom. The van der Waals surface area contributed by atoms with Gasteiger partial charge in [-0.2, -0.15) is 0 Å². The molecule has 1 aromatic heterocycles. The molecule has 1 unspecified atom stereocenters. The monoisotopic (exact) mass is 315 g/mol. The maximum Gasteiger partial charge on any atom is 0.273 e. The second-order valence-corrected chi connectivity index (χ2v) is 6.67. The van der Waals surface area contributed by atoms with Crippen molar-refractivity contribution in [3.63, 3.8) is 0 Å². The number of carbonyl (C=O) groups is 1. The highest BCUT2D eigenvalue weighted by molar-refractivity contribution is 7.13. The number of likely N-dealkylation sites (tertiary alicyclic amines) is 1. The summed E-state index contributed by atoms with van der Waals surface area (Å²) in [5.41, 5.74) is 2.88. The van der Waals surface area contributed by atoms with E-state index < -0.39 is 0 Å². The predicted molar refractivity (Wildman–Crippen MR) is 90.2 cm³/mol. The molecule has 1 saturated heterocycles. The third-order valence-electron chi connectivity index (χ3n) is 4.16. The van der Waals surface area contributed by atoms with Gasteiger partial charge in [-0.1, -0.05) is 24.3 Å². The van der Waals surface area contributed by atoms with Crippen LogP contribution in [-0.2, 0) is 0 Å². The molecule has 0 aliphatic carbocycles. The van der Waals surface area contributed by atoms with Crippen LogP contribution in [0.25, 0.3) is 10.6 Å². The minimum absolute atomic E-state index is 0.0645. The Kier molecular flexibility index (Phi) is 4.55. The number of thiazole rings is 1. The van der Waals surface area contributed by atoms with E-state index in [4.69, 9.17) is 0 Å². The Morgan fingerprint density at radius 3 is 3.05 bits per heavy atom. The first-order valence-electron chi connectivity index (χ1n) is 7.64. The number of hydrogen-bond donors (Lipinski definition) is 1. The van der Waals surface area contributed by atoms with E-state index in [1.54, 1.807) is 11.3 Å². The van der Waals surface area contributed by atoms with Crippen LogP contribution >= 0.6 is 11.3 Å². The average molecular weight is 315 g/mol. The maximum atomic E-state index is 12.6. The molecule has 2 heterocycles. The van der Waals surface area contributed by atoms with Crippen LogP contribution in [0.15, 0.2) is 29.6 Å². The zero-order valence-corrected chi connectivity index (χ0v) is 13.8. The Labute approximate surface area is 135 Å². The summed E-state index contributed by atoms with van der Waals surface area (Å²) >= 11 is 1.54. The molecule has 1 aliphatic rings. The molecule has 5 heteroatoms. The van der Waals surface area contributed by atoms with E-state index in [-0.39, 0.29) is 5.91 Å². The first-order chi connectivity index (χ1) is 10.7. The average Bonchev–Trinajstić information content (AvgIpc) is 3.17. The molecular formula is C17H21N3OS. The highest BCUT2D eigenvalue weighted by Crippen LogP contribution is 2.27. The molecule has 1 aromatic carbocycles. The summed E-state index contributed by atoms with van der Waals surface area (Å²) in [7, 11) is 1.96. The Bertz CT molecular complexity index is 667. The second-order valence-electron chi connectivity index (χ2n) is 5.82. The van der Waals surface area contributed by atoms with Crippen LogP contribution in [0.2, 0.25) is 0 Å². The number of carbonyl (C=O) groups excluding carboxylic acids is 1. The molecule has 2 aromatic rings. The van der Waals surface area contributed by atoms with Crippen LogP contribution in [0.5, 0.6) is 0 Å². The molecule has 1 atom stereocenters. The van der Waals surface area contributed by atoms with Gasteiger partial charge in [0.05, 0.1) is 0 Å². The Hall–Kier alpha value is -1.72. The normalized spacial score (nSPS) is 17.9. The zero-order valence-electron chi connectivity index (χ0n) is 13.0. The van der Waals surface area contributed by atoms with Crippen molar-refractivity contribution in [2.75, 3.05) is 26.7 Å². The largest absolute Gasteiger partial charge is 0.337 e. The molecule has 1 amide bonds. The number of hydrogen-bond acceptors (Lipinski definition) is 4. The lowest BCUT2D eigenvalue weighted by Crippen LogP contribution is -2.30. The minimum Gasteiger partial charge on any atom is -0.337 e. The highest BCUT2D eigenvalue weighted by Gasteiger charge is 2.27. The molecule has 0 radical (unpaired) electrons. The third kappa shape index (κ3) is 3.05. The molecule has 1 N–H and O–H groups in total. The van der Waals surface area contributed by atoms with Gasteiger partial charge in [0.25, 0.3) is 5.91 Å². The molecule has 0 bridgehead atoms. The number of rotatable bonds is 4. The summed E-state index contributed by atoms with van der Waals surface area (Å²) < 4.78 is 0. The van der Waals surface area contributed by atoms with Crippen LogP contribution in [0, 0.1) is 12.8 Å². The van der Waals surface area contributed by atoms with Gasteiger partial charge in [-0.05, 0) is 38.4 Å². The fraction of sp³-hybridized carbons (Fsp3) is 0.412. The SMILES string of the molecule is CNCC1CCN(C(=O)c2csc(-c3ccccc3C)n2)C1. The summed E-state index contributed by atoms with van der Waals surface area (Å²) in [5, 5.41) is 6.00. The van der Waals surface area contributed by atoms with Gasteiger partial charge in [-0.25, -0.2) is 4.98 Å². The van der Waals surface area contributed by atoms with Crippen LogP contribution < -0.4 is 5.32 Å². The van der Waals surface area contributed by atoms with Gasteiger partial charge in [0.2, 0.25) is 0 Å². The van der Waals surface area contributed by atoms with E-state index in [2.05, 4.69) is 29.4 Å². The summed E-state index contributed by atoms with van der Waals surface area (Å²) in [4.78, 5) is 19.1. The minimum atomic E-state index is 0.0645. The summed E-state index contributed by atoms with van der Waals surface area (Å²) in [6.07, 6.45) is 1.07. The van der Waals surface area contributed by atoms with E-state index in [0.29, 0.717) is 11.6 Å². The molecule has 0 spiro atoms. The predicted octanol–water partition coefficient (Wildman–Crippen LogP) is 2.80. The molecule has 0 saturated carbocycles. The Morgan fingerprint density at radius 1 is 1.45 bits per heavy atom. The van der Waals surface area contributed by atoms with E-state index in [1.165, 1.54) is 5.56 Å². The molecule has 1 fully saturated rings. The molecular weight excluding hydrogens is 294 g/mol. The number of aryl methyl sites for hydroxylation is 1. The van der Waals surface area contributed by atoms with Crippen molar-refractivity contribution in [1.29, 1.82) is 0 Å². The fourth-order valence-electron chi connectivity index (χ4n) is 2.94. The van der Waals surface area contributed by atoms with Crippen molar-refractivity contribution in [1.82, 2.24) is 15.2 Å². The molecule has 3 rings (SSSR count). The first-order valence-corrected chi connectivity index (χ1v) is 8.52. The maximum absolute atomic E-state index is 12.6. The van der Waals surface area contributed by atoms with E-state index in [9.17, 15) is 4.79 Å². The number of amides is 1. The van der Waals surface area contributed by atoms with Gasteiger partial charge in [-0.3, -0.25) is 4.79 Å². The van der Waals surface area contributed by atoms with Gasteiger partial charge < -0.3 is 10.2 Å². The quantitative estimate of drug-likeness (QED) is 0.943. The van der Waals surface area contributed by atoms with Crippen molar-refractivity contribution in [2.45, 2.75) is 13.3 Å². The zero-order chi connectivity index (χ0) is 15.5. The topological polar surface area (TPSA) is 45.2 Å². The van der Waals surface area contributed by atoms with Crippen LogP contribution in [-0.4, -0.2) is 42.5 Å². The van der Waals surface area contributed by atoms with E-state index in [0.717, 1.165) is 36.6 Å². The number of aromatic nitrogens is 1. The van der Waals surface area contributed by atoms with Crippen molar-refractivity contribution in [3.8, 4) is 10.6 Å². The van der Waals surface area contributed by atoms with Gasteiger partial charge in [0, 0.05) is 24.0 Å². The second kappa shape index (κ2) is 6.58. The molecule has 1 aliphatic heterocycles. The van der Waals surface area contributed by atoms with Crippen LogP contribution in [0.3, 0.4) is 0 Å². The summed E-state index contributed by atoms with van der Waals surface area (Å²) in [6, 6.07) is 8.15. The van der Waals surface area contributed by atoms with Crippen molar-refractivity contribution in [3.05, 3.63) is 40.9 Å². The lowest BCUT2D eigenvalue weighted by atomic mass is 10.1. The number of benzene rings is 1. The first kappa shape index (κ1) is 15.2. The smallest absolute Gasteiger partial charge is 0.273 e. The Balaban J connectivity index is 1.74. The van der Waals surface area contributed by atoms with Crippen LogP contribution in [0.4, 0.5) is 0 Å². The van der Waals surface area contributed by atoms with Crippen LogP contribution in [0.1, 0.15) is 22.5 Å². The lowest BCUT2D eigenvalue weighted by molar-refractivity contribution is 0.0782. The highest BCUT2D eigenvalue weighted by atomic mass is 32.1. The van der Waals surface area contributed by atoms with E-state index in [1.807, 2.05) is 29.5 Å². The summed E-state index contributed by atoms with van der Waals surface area (Å²) in [6.45, 7) is 4.70. The molecule has 4 nitrogen and oxygen atoms in total. The fourth-order valence-corrected chi connectivity index (χ4v) is 3.83. The van der Waals surface area contributed by atoms with Gasteiger partial charge in [-0.15, -0.1) is 11.3 Å². The van der Waals surface area contributed by atoms with E-state index >= 15 is 0 Å². The lowest BCUT2D eigenvalue weighted by Gasteiger charge is -2.15. The molecule has 116 valence electrons. The van der Waals surface area contributed by atoms with Gasteiger partial charge in [0.15, 0.2) is 0 Å². The standard InChI is InChI=1S/C17H21N3OS/c1-12-5-3-4-6-14(12)16-19-15(11-22-16)17(21)20-8-7-13(10-20)9-18-2/h3-6,11,13,18H,7-10H2,1-2H3. The number of nitrogens with one attached hydrogen (secondary N) is 1.